The Bertz CT molecular complexity index is 363. The van der Waals surface area contributed by atoms with Crippen molar-refractivity contribution < 1.29 is 4.79 Å². The fourth-order valence-corrected chi connectivity index (χ4v) is 2.76. The molecule has 0 aromatic carbocycles. The number of thiazole rings is 1. The topological polar surface area (TPSA) is 59.2 Å². The molecule has 2 atom stereocenters. The second kappa shape index (κ2) is 4.51. The van der Waals surface area contributed by atoms with Crippen molar-refractivity contribution in [3.8, 4) is 0 Å². The number of likely N-dealkylation sites (tertiary alicyclic amines) is 1. The zero-order valence-electron chi connectivity index (χ0n) is 9.59. The van der Waals surface area contributed by atoms with Crippen molar-refractivity contribution in [3.05, 3.63) is 16.6 Å². The lowest BCUT2D eigenvalue weighted by Crippen LogP contribution is -2.35. The van der Waals surface area contributed by atoms with Crippen molar-refractivity contribution in [3.63, 3.8) is 0 Å². The largest absolute Gasteiger partial charge is 0.332 e. The van der Waals surface area contributed by atoms with Gasteiger partial charge in [-0.1, -0.05) is 13.8 Å². The predicted octanol–water partition coefficient (Wildman–Crippen LogP) is 1.40. The van der Waals surface area contributed by atoms with Crippen LogP contribution in [0, 0.1) is 5.92 Å². The molecule has 2 rings (SSSR count). The van der Waals surface area contributed by atoms with Crippen LogP contribution in [-0.2, 0) is 4.79 Å². The summed E-state index contributed by atoms with van der Waals surface area (Å²) in [6.45, 7) is 4.97. The van der Waals surface area contributed by atoms with Gasteiger partial charge in [0.05, 0.1) is 17.2 Å². The summed E-state index contributed by atoms with van der Waals surface area (Å²) in [5, 5.41) is 1.98. The van der Waals surface area contributed by atoms with E-state index in [4.69, 9.17) is 5.73 Å². The molecule has 1 aromatic rings. The van der Waals surface area contributed by atoms with Crippen LogP contribution in [0.2, 0.25) is 0 Å². The van der Waals surface area contributed by atoms with Gasteiger partial charge in [0.2, 0.25) is 5.91 Å². The predicted molar refractivity (Wildman–Crippen MR) is 64.0 cm³/mol. The molecular formula is C11H17N3OS. The molecule has 16 heavy (non-hydrogen) atoms. The highest BCUT2D eigenvalue weighted by Crippen LogP contribution is 2.32. The zero-order valence-corrected chi connectivity index (χ0v) is 10.4. The number of hydrogen-bond acceptors (Lipinski definition) is 4. The third-order valence-corrected chi connectivity index (χ3v) is 3.39. The number of amides is 1. The summed E-state index contributed by atoms with van der Waals surface area (Å²) in [6.07, 6.45) is 0.439. The van der Waals surface area contributed by atoms with Crippen molar-refractivity contribution >= 4 is 17.2 Å². The van der Waals surface area contributed by atoms with Gasteiger partial charge < -0.3 is 10.6 Å². The quantitative estimate of drug-likeness (QED) is 0.867. The Kier molecular flexibility index (Phi) is 3.25. The lowest BCUT2D eigenvalue weighted by Gasteiger charge is -2.27. The Morgan fingerprint density at radius 2 is 2.44 bits per heavy atom. The molecule has 1 fully saturated rings. The molecule has 0 saturated carbocycles. The third kappa shape index (κ3) is 2.10. The molecule has 1 aromatic heterocycles. The lowest BCUT2D eigenvalue weighted by atomic mass is 10.1. The van der Waals surface area contributed by atoms with Crippen molar-refractivity contribution in [2.24, 2.45) is 11.7 Å². The Morgan fingerprint density at radius 1 is 1.69 bits per heavy atom. The number of hydrogen-bond donors (Lipinski definition) is 1. The molecule has 0 aliphatic carbocycles. The van der Waals surface area contributed by atoms with Crippen LogP contribution in [0.3, 0.4) is 0 Å². The molecule has 0 radical (unpaired) electrons. The van der Waals surface area contributed by atoms with E-state index in [-0.39, 0.29) is 18.0 Å². The van der Waals surface area contributed by atoms with E-state index in [1.165, 1.54) is 0 Å². The van der Waals surface area contributed by atoms with E-state index in [2.05, 4.69) is 18.8 Å². The van der Waals surface area contributed by atoms with Crippen LogP contribution in [0.25, 0.3) is 0 Å². The van der Waals surface area contributed by atoms with E-state index >= 15 is 0 Å². The van der Waals surface area contributed by atoms with Gasteiger partial charge in [0.15, 0.2) is 0 Å². The van der Waals surface area contributed by atoms with E-state index in [9.17, 15) is 4.79 Å². The number of aromatic nitrogens is 1. The number of carbonyl (C=O) groups is 1. The molecule has 1 amide bonds. The summed E-state index contributed by atoms with van der Waals surface area (Å²) in [7, 11) is 0. The van der Waals surface area contributed by atoms with Crippen molar-refractivity contribution in [2.45, 2.75) is 32.4 Å². The Morgan fingerprint density at radius 3 is 3.00 bits per heavy atom. The number of rotatable bonds is 3. The maximum absolute atomic E-state index is 11.8. The average Bonchev–Trinajstić information content (AvgIpc) is 2.75. The van der Waals surface area contributed by atoms with Gasteiger partial charge in [0, 0.05) is 24.4 Å². The summed E-state index contributed by atoms with van der Waals surface area (Å²) in [5.41, 5.74) is 8.75. The van der Waals surface area contributed by atoms with Crippen LogP contribution in [0.15, 0.2) is 10.9 Å². The summed E-state index contributed by atoms with van der Waals surface area (Å²) in [4.78, 5) is 18.0. The molecule has 2 heterocycles. The minimum Gasteiger partial charge on any atom is -0.332 e. The second-order valence-corrected chi connectivity index (χ2v) is 5.38. The molecule has 5 heteroatoms. The third-order valence-electron chi connectivity index (χ3n) is 2.79. The Hall–Kier alpha value is -0.940. The van der Waals surface area contributed by atoms with Gasteiger partial charge in [-0.2, -0.15) is 0 Å². The van der Waals surface area contributed by atoms with Crippen molar-refractivity contribution in [1.82, 2.24) is 9.88 Å². The summed E-state index contributed by atoms with van der Waals surface area (Å²) >= 11 is 1.55. The first-order valence-electron chi connectivity index (χ1n) is 5.52. The first-order chi connectivity index (χ1) is 7.59. The van der Waals surface area contributed by atoms with E-state index in [0.29, 0.717) is 12.3 Å². The first-order valence-corrected chi connectivity index (χ1v) is 6.47. The maximum Gasteiger partial charge on any atom is 0.224 e. The zero-order chi connectivity index (χ0) is 11.7. The van der Waals surface area contributed by atoms with Gasteiger partial charge in [0.25, 0.3) is 0 Å². The SMILES string of the molecule is CC(C)CN1C(=O)CC(N)C1c1cscn1. The lowest BCUT2D eigenvalue weighted by molar-refractivity contribution is -0.129. The summed E-state index contributed by atoms with van der Waals surface area (Å²) in [5.74, 6) is 0.606. The van der Waals surface area contributed by atoms with Crippen LogP contribution in [0.4, 0.5) is 0 Å². The standard InChI is InChI=1S/C11H17N3OS/c1-7(2)4-14-10(15)3-8(12)11(14)9-5-16-6-13-9/h5-8,11H,3-4,12H2,1-2H3. The normalized spacial score (nSPS) is 25.8. The molecule has 4 nitrogen and oxygen atoms in total. The van der Waals surface area contributed by atoms with E-state index in [0.717, 1.165) is 12.2 Å². The van der Waals surface area contributed by atoms with Gasteiger partial charge in [0.1, 0.15) is 0 Å². The number of nitrogens with zero attached hydrogens (tertiary/aromatic N) is 2. The van der Waals surface area contributed by atoms with Crippen LogP contribution in [0.5, 0.6) is 0 Å². The molecule has 2 unspecified atom stereocenters. The van der Waals surface area contributed by atoms with E-state index in [1.54, 1.807) is 16.8 Å². The van der Waals surface area contributed by atoms with Gasteiger partial charge in [-0.3, -0.25) is 4.79 Å². The fourth-order valence-electron chi connectivity index (χ4n) is 2.17. The first kappa shape index (κ1) is 11.5. The average molecular weight is 239 g/mol. The number of carbonyl (C=O) groups excluding carboxylic acids is 1. The molecule has 1 saturated heterocycles. The Labute approximate surface area is 99.5 Å². The van der Waals surface area contributed by atoms with Crippen LogP contribution in [-0.4, -0.2) is 28.4 Å². The van der Waals surface area contributed by atoms with Crippen LogP contribution < -0.4 is 5.73 Å². The molecular weight excluding hydrogens is 222 g/mol. The molecule has 0 spiro atoms. The monoisotopic (exact) mass is 239 g/mol. The van der Waals surface area contributed by atoms with E-state index < -0.39 is 0 Å². The van der Waals surface area contributed by atoms with Crippen LogP contribution >= 0.6 is 11.3 Å². The summed E-state index contributed by atoms with van der Waals surface area (Å²) in [6, 6.07) is -0.144. The van der Waals surface area contributed by atoms with E-state index in [1.807, 2.05) is 10.3 Å². The van der Waals surface area contributed by atoms with Crippen LogP contribution in [0.1, 0.15) is 32.0 Å². The minimum absolute atomic E-state index is 0.0267. The van der Waals surface area contributed by atoms with Gasteiger partial charge in [-0.25, -0.2) is 4.98 Å². The highest BCUT2D eigenvalue weighted by molar-refractivity contribution is 7.07. The summed E-state index contributed by atoms with van der Waals surface area (Å²) < 4.78 is 0. The van der Waals surface area contributed by atoms with Gasteiger partial charge >= 0.3 is 0 Å². The fraction of sp³-hybridized carbons (Fsp3) is 0.636. The molecule has 88 valence electrons. The second-order valence-electron chi connectivity index (χ2n) is 4.67. The smallest absolute Gasteiger partial charge is 0.224 e. The van der Waals surface area contributed by atoms with Gasteiger partial charge in [-0.05, 0) is 5.92 Å². The van der Waals surface area contributed by atoms with Crippen molar-refractivity contribution in [1.29, 1.82) is 0 Å². The highest BCUT2D eigenvalue weighted by Gasteiger charge is 2.39. The molecule has 1 aliphatic rings. The minimum atomic E-state index is -0.117. The molecule has 2 N–H and O–H groups in total. The number of nitrogens with two attached hydrogens (primary N) is 1. The maximum atomic E-state index is 11.8. The molecule has 0 bridgehead atoms. The van der Waals surface area contributed by atoms with Crippen molar-refractivity contribution in [2.75, 3.05) is 6.54 Å². The van der Waals surface area contributed by atoms with Gasteiger partial charge in [-0.15, -0.1) is 11.3 Å². The highest BCUT2D eigenvalue weighted by atomic mass is 32.1. The molecule has 1 aliphatic heterocycles. The Balaban J connectivity index is 2.23.